The lowest BCUT2D eigenvalue weighted by atomic mass is 10.0. The van der Waals surface area contributed by atoms with Gasteiger partial charge in [-0.05, 0) is 30.7 Å². The summed E-state index contributed by atoms with van der Waals surface area (Å²) in [6.07, 6.45) is 1.80. The van der Waals surface area contributed by atoms with Gasteiger partial charge in [0.1, 0.15) is 5.75 Å². The van der Waals surface area contributed by atoms with E-state index in [1.165, 1.54) is 0 Å². The summed E-state index contributed by atoms with van der Waals surface area (Å²) >= 11 is 3.50. The number of hydrogen-bond donors (Lipinski definition) is 1. The average molecular weight is 325 g/mol. The highest BCUT2D eigenvalue weighted by atomic mass is 79.9. The third-order valence-electron chi connectivity index (χ3n) is 3.08. The first-order valence-corrected chi connectivity index (χ1v) is 6.81. The van der Waals surface area contributed by atoms with Crippen LogP contribution in [0.3, 0.4) is 0 Å². The smallest absolute Gasteiger partial charge is 0.119 e. The van der Waals surface area contributed by atoms with Crippen molar-refractivity contribution >= 4 is 15.9 Å². The van der Waals surface area contributed by atoms with E-state index in [4.69, 9.17) is 4.74 Å². The first kappa shape index (κ1) is 14.1. The molecule has 1 heterocycles. The maximum atomic E-state index is 10.3. The van der Waals surface area contributed by atoms with Gasteiger partial charge in [-0.25, -0.2) is 0 Å². The van der Waals surface area contributed by atoms with Gasteiger partial charge in [0, 0.05) is 29.7 Å². The summed E-state index contributed by atoms with van der Waals surface area (Å²) in [5, 5.41) is 14.6. The van der Waals surface area contributed by atoms with Crippen molar-refractivity contribution in [3.8, 4) is 5.75 Å². The van der Waals surface area contributed by atoms with Gasteiger partial charge in [-0.3, -0.25) is 4.68 Å². The number of aliphatic hydroxyl groups is 1. The number of aryl methyl sites for hydroxylation is 2. The Kier molecular flexibility index (Phi) is 4.27. The summed E-state index contributed by atoms with van der Waals surface area (Å²) in [5.41, 5.74) is 2.72. The molecule has 1 aromatic carbocycles. The molecule has 2 rings (SSSR count). The second-order valence-electron chi connectivity index (χ2n) is 4.52. The molecule has 1 atom stereocenters. The monoisotopic (exact) mass is 324 g/mol. The van der Waals surface area contributed by atoms with E-state index >= 15 is 0 Å². The van der Waals surface area contributed by atoms with E-state index < -0.39 is 6.10 Å². The SMILES string of the molecule is COc1ccc(Br)c(CC(O)c2cn(C)nc2C)c1. The zero-order valence-electron chi connectivity index (χ0n) is 11.2. The molecular formula is C14H17BrN2O2. The van der Waals surface area contributed by atoms with Gasteiger partial charge in [0.15, 0.2) is 0 Å². The van der Waals surface area contributed by atoms with Crippen molar-refractivity contribution < 1.29 is 9.84 Å². The topological polar surface area (TPSA) is 47.3 Å². The summed E-state index contributed by atoms with van der Waals surface area (Å²) in [7, 11) is 3.49. The number of ether oxygens (including phenoxy) is 1. The molecule has 0 fully saturated rings. The molecule has 0 saturated carbocycles. The van der Waals surface area contributed by atoms with Gasteiger partial charge in [-0.15, -0.1) is 0 Å². The number of aliphatic hydroxyl groups excluding tert-OH is 1. The molecule has 19 heavy (non-hydrogen) atoms. The van der Waals surface area contributed by atoms with Crippen LogP contribution in [0.5, 0.6) is 5.75 Å². The molecule has 4 nitrogen and oxygen atoms in total. The lowest BCUT2D eigenvalue weighted by Crippen LogP contribution is -2.03. The van der Waals surface area contributed by atoms with Crippen molar-refractivity contribution in [1.82, 2.24) is 9.78 Å². The van der Waals surface area contributed by atoms with Crippen LogP contribution in [0, 0.1) is 6.92 Å². The fraction of sp³-hybridized carbons (Fsp3) is 0.357. The minimum atomic E-state index is -0.572. The molecule has 1 unspecified atom stereocenters. The highest BCUT2D eigenvalue weighted by Gasteiger charge is 2.16. The summed E-state index contributed by atoms with van der Waals surface area (Å²) in [6, 6.07) is 5.74. The molecule has 5 heteroatoms. The zero-order chi connectivity index (χ0) is 14.0. The van der Waals surface area contributed by atoms with Crippen molar-refractivity contribution in [2.75, 3.05) is 7.11 Å². The molecule has 0 saturated heterocycles. The Balaban J connectivity index is 2.23. The van der Waals surface area contributed by atoms with Crippen LogP contribution in [0.2, 0.25) is 0 Å². The van der Waals surface area contributed by atoms with Crippen LogP contribution in [0.4, 0.5) is 0 Å². The van der Waals surface area contributed by atoms with Gasteiger partial charge in [0.05, 0.1) is 18.9 Å². The zero-order valence-corrected chi connectivity index (χ0v) is 12.8. The number of rotatable bonds is 4. The van der Waals surface area contributed by atoms with Gasteiger partial charge < -0.3 is 9.84 Å². The number of halogens is 1. The van der Waals surface area contributed by atoms with Crippen LogP contribution in [0.15, 0.2) is 28.9 Å². The maximum Gasteiger partial charge on any atom is 0.119 e. The van der Waals surface area contributed by atoms with E-state index in [9.17, 15) is 5.11 Å². The molecule has 0 bridgehead atoms. The molecule has 0 aliphatic rings. The van der Waals surface area contributed by atoms with Crippen molar-refractivity contribution in [2.24, 2.45) is 7.05 Å². The Bertz CT molecular complexity index is 581. The van der Waals surface area contributed by atoms with Crippen molar-refractivity contribution in [3.63, 3.8) is 0 Å². The predicted molar refractivity (Wildman–Crippen MR) is 77.3 cm³/mol. The maximum absolute atomic E-state index is 10.3. The fourth-order valence-corrected chi connectivity index (χ4v) is 2.51. The molecule has 2 aromatic rings. The highest BCUT2D eigenvalue weighted by molar-refractivity contribution is 9.10. The minimum absolute atomic E-state index is 0.518. The van der Waals surface area contributed by atoms with Crippen LogP contribution < -0.4 is 4.74 Å². The van der Waals surface area contributed by atoms with E-state index in [2.05, 4.69) is 21.0 Å². The van der Waals surface area contributed by atoms with Crippen LogP contribution >= 0.6 is 15.9 Å². The van der Waals surface area contributed by atoms with E-state index in [-0.39, 0.29) is 0 Å². The second kappa shape index (κ2) is 5.75. The lowest BCUT2D eigenvalue weighted by molar-refractivity contribution is 0.177. The van der Waals surface area contributed by atoms with Crippen LogP contribution in [-0.4, -0.2) is 22.0 Å². The number of methoxy groups -OCH3 is 1. The Morgan fingerprint density at radius 3 is 2.79 bits per heavy atom. The van der Waals surface area contributed by atoms with E-state index in [1.807, 2.05) is 38.4 Å². The molecule has 0 spiro atoms. The Hall–Kier alpha value is -1.33. The lowest BCUT2D eigenvalue weighted by Gasteiger charge is -2.12. The highest BCUT2D eigenvalue weighted by Crippen LogP contribution is 2.28. The first-order valence-electron chi connectivity index (χ1n) is 6.02. The van der Waals surface area contributed by atoms with E-state index in [0.717, 1.165) is 27.0 Å². The molecule has 1 N–H and O–H groups in total. The second-order valence-corrected chi connectivity index (χ2v) is 5.38. The molecule has 0 aliphatic heterocycles. The quantitative estimate of drug-likeness (QED) is 0.940. The van der Waals surface area contributed by atoms with E-state index in [0.29, 0.717) is 6.42 Å². The molecule has 102 valence electrons. The Labute approximate surface area is 121 Å². The van der Waals surface area contributed by atoms with Gasteiger partial charge in [-0.2, -0.15) is 5.10 Å². The van der Waals surface area contributed by atoms with Crippen LogP contribution in [0.25, 0.3) is 0 Å². The van der Waals surface area contributed by atoms with Gasteiger partial charge in [0.2, 0.25) is 0 Å². The average Bonchev–Trinajstić information content (AvgIpc) is 2.71. The van der Waals surface area contributed by atoms with Gasteiger partial charge >= 0.3 is 0 Å². The summed E-state index contributed by atoms with van der Waals surface area (Å²) in [4.78, 5) is 0. The fourth-order valence-electron chi connectivity index (χ4n) is 2.10. The van der Waals surface area contributed by atoms with E-state index in [1.54, 1.807) is 11.8 Å². The van der Waals surface area contributed by atoms with Crippen molar-refractivity contribution in [1.29, 1.82) is 0 Å². The molecule has 0 amide bonds. The number of aromatic nitrogens is 2. The van der Waals surface area contributed by atoms with Gasteiger partial charge in [-0.1, -0.05) is 15.9 Å². The number of hydrogen-bond acceptors (Lipinski definition) is 3. The predicted octanol–water partition coefficient (Wildman–Crippen LogP) is 2.78. The third kappa shape index (κ3) is 3.16. The van der Waals surface area contributed by atoms with Crippen LogP contribution in [-0.2, 0) is 13.5 Å². The van der Waals surface area contributed by atoms with Crippen molar-refractivity contribution in [3.05, 3.63) is 45.7 Å². The van der Waals surface area contributed by atoms with Crippen LogP contribution in [0.1, 0.15) is 22.9 Å². The Morgan fingerprint density at radius 2 is 2.21 bits per heavy atom. The molecular weight excluding hydrogens is 308 g/mol. The molecule has 0 radical (unpaired) electrons. The molecule has 1 aromatic heterocycles. The normalized spacial score (nSPS) is 12.5. The first-order chi connectivity index (χ1) is 9.01. The molecule has 0 aliphatic carbocycles. The summed E-state index contributed by atoms with van der Waals surface area (Å²) in [6.45, 7) is 1.90. The summed E-state index contributed by atoms with van der Waals surface area (Å²) < 4.78 is 7.89. The standard InChI is InChI=1S/C14H17BrN2O2/c1-9-12(8-17(2)16-9)14(18)7-10-6-11(19-3)4-5-13(10)15/h4-6,8,14,18H,7H2,1-3H3. The largest absolute Gasteiger partial charge is 0.497 e. The number of benzene rings is 1. The number of nitrogens with zero attached hydrogens (tertiary/aromatic N) is 2. The minimum Gasteiger partial charge on any atom is -0.497 e. The third-order valence-corrected chi connectivity index (χ3v) is 3.85. The summed E-state index contributed by atoms with van der Waals surface area (Å²) in [5.74, 6) is 0.785. The Morgan fingerprint density at radius 1 is 1.47 bits per heavy atom. The van der Waals surface area contributed by atoms with Gasteiger partial charge in [0.25, 0.3) is 0 Å². The van der Waals surface area contributed by atoms with Crippen molar-refractivity contribution in [2.45, 2.75) is 19.4 Å².